The Balaban J connectivity index is 2.64. The van der Waals surface area contributed by atoms with Gasteiger partial charge in [0.2, 0.25) is 0 Å². The number of carboxylic acid groups (broad SMARTS) is 1. The first kappa shape index (κ1) is 13.3. The average molecular weight is 250 g/mol. The fourth-order valence-corrected chi connectivity index (χ4v) is 0.989. The van der Waals surface area contributed by atoms with Crippen molar-refractivity contribution >= 4 is 5.97 Å². The normalized spacial score (nSPS) is 13.2. The highest BCUT2D eigenvalue weighted by molar-refractivity contribution is 5.87. The second-order valence-electron chi connectivity index (χ2n) is 3.20. The number of ether oxygens (including phenoxy) is 1. The minimum atomic E-state index is -4.76. The molecule has 0 aliphatic heterocycles. The van der Waals surface area contributed by atoms with E-state index in [9.17, 15) is 18.0 Å². The Hall–Kier alpha value is -1.76. The van der Waals surface area contributed by atoms with E-state index in [-0.39, 0.29) is 11.3 Å². The lowest BCUT2D eigenvalue weighted by molar-refractivity contribution is -0.210. The van der Waals surface area contributed by atoms with E-state index >= 15 is 0 Å². The minimum absolute atomic E-state index is 0.0480. The summed E-state index contributed by atoms with van der Waals surface area (Å²) < 4.78 is 40.5. The number of aromatic carboxylic acids is 1. The van der Waals surface area contributed by atoms with Crippen LogP contribution < -0.4 is 4.74 Å². The summed E-state index contributed by atoms with van der Waals surface area (Å²) >= 11 is 0. The van der Waals surface area contributed by atoms with Gasteiger partial charge in [0.15, 0.2) is 6.10 Å². The van der Waals surface area contributed by atoms with Crippen LogP contribution in [0.5, 0.6) is 5.75 Å². The van der Waals surface area contributed by atoms with Crippen LogP contribution in [0, 0.1) is 0 Å². The lowest BCUT2D eigenvalue weighted by atomic mass is 10.2. The Morgan fingerprint density at radius 3 is 2.59 bits per heavy atom. The Kier molecular flexibility index (Phi) is 3.95. The van der Waals surface area contributed by atoms with Crippen molar-refractivity contribution < 1.29 is 32.9 Å². The molecule has 0 bridgehead atoms. The maximum absolute atomic E-state index is 11.9. The molecule has 1 unspecified atom stereocenters. The number of halogens is 3. The molecule has 17 heavy (non-hydrogen) atoms. The molecule has 0 aliphatic carbocycles. The van der Waals surface area contributed by atoms with E-state index in [2.05, 4.69) is 4.74 Å². The number of carbonyl (C=O) groups is 1. The third-order valence-corrected chi connectivity index (χ3v) is 1.87. The van der Waals surface area contributed by atoms with Crippen molar-refractivity contribution in [1.82, 2.24) is 0 Å². The van der Waals surface area contributed by atoms with E-state index < -0.39 is 24.9 Å². The van der Waals surface area contributed by atoms with Crippen LogP contribution in [0.25, 0.3) is 0 Å². The number of carboxylic acids is 1. The van der Waals surface area contributed by atoms with Crippen LogP contribution in [0.1, 0.15) is 10.4 Å². The zero-order chi connectivity index (χ0) is 13.1. The van der Waals surface area contributed by atoms with Crippen LogP contribution in [0.4, 0.5) is 13.2 Å². The predicted molar refractivity (Wildman–Crippen MR) is 51.0 cm³/mol. The number of aliphatic hydroxyl groups is 1. The summed E-state index contributed by atoms with van der Waals surface area (Å²) in [5.41, 5.74) is -0.107. The number of hydrogen-bond acceptors (Lipinski definition) is 3. The number of benzene rings is 1. The standard InChI is InChI=1S/C10H9F3O4/c11-10(12,13)8(14)5-17-7-3-1-2-6(4-7)9(15)16/h1-4,8,14H,5H2,(H,15,16). The molecule has 0 radical (unpaired) electrons. The molecule has 0 saturated carbocycles. The summed E-state index contributed by atoms with van der Waals surface area (Å²) in [6.07, 6.45) is -7.36. The largest absolute Gasteiger partial charge is 0.491 e. The predicted octanol–water partition coefficient (Wildman–Crippen LogP) is 1.69. The number of aliphatic hydroxyl groups excluding tert-OH is 1. The van der Waals surface area contributed by atoms with E-state index in [0.717, 1.165) is 6.07 Å². The first-order valence-corrected chi connectivity index (χ1v) is 4.51. The molecule has 7 heteroatoms. The van der Waals surface area contributed by atoms with Gasteiger partial charge < -0.3 is 14.9 Å². The molecule has 0 saturated heterocycles. The maximum atomic E-state index is 11.9. The van der Waals surface area contributed by atoms with Crippen LogP contribution in [0.15, 0.2) is 24.3 Å². The topological polar surface area (TPSA) is 66.8 Å². The van der Waals surface area contributed by atoms with Gasteiger partial charge in [0, 0.05) is 0 Å². The van der Waals surface area contributed by atoms with Gasteiger partial charge in [-0.15, -0.1) is 0 Å². The van der Waals surface area contributed by atoms with Crippen molar-refractivity contribution in [2.75, 3.05) is 6.61 Å². The summed E-state index contributed by atoms with van der Waals surface area (Å²) in [4.78, 5) is 10.6. The Morgan fingerprint density at radius 2 is 2.06 bits per heavy atom. The molecule has 0 aromatic heterocycles. The summed E-state index contributed by atoms with van der Waals surface area (Å²) in [7, 11) is 0. The van der Waals surface area contributed by atoms with E-state index in [1.165, 1.54) is 18.2 Å². The zero-order valence-electron chi connectivity index (χ0n) is 8.44. The van der Waals surface area contributed by atoms with Gasteiger partial charge in [0.1, 0.15) is 12.4 Å². The third-order valence-electron chi connectivity index (χ3n) is 1.87. The highest BCUT2D eigenvalue weighted by atomic mass is 19.4. The quantitative estimate of drug-likeness (QED) is 0.853. The molecule has 1 atom stereocenters. The van der Waals surface area contributed by atoms with Gasteiger partial charge in [-0.25, -0.2) is 4.79 Å². The fourth-order valence-electron chi connectivity index (χ4n) is 0.989. The second-order valence-corrected chi connectivity index (χ2v) is 3.20. The van der Waals surface area contributed by atoms with Crippen molar-refractivity contribution in [3.63, 3.8) is 0 Å². The van der Waals surface area contributed by atoms with Crippen LogP contribution in [-0.4, -0.2) is 35.1 Å². The molecule has 94 valence electrons. The molecule has 4 nitrogen and oxygen atoms in total. The molecule has 1 rings (SSSR count). The minimum Gasteiger partial charge on any atom is -0.491 e. The third kappa shape index (κ3) is 3.95. The molecule has 0 fully saturated rings. The van der Waals surface area contributed by atoms with Gasteiger partial charge in [-0.2, -0.15) is 13.2 Å². The number of alkyl halides is 3. The molecule has 1 aromatic rings. The van der Waals surface area contributed by atoms with Crippen LogP contribution in [-0.2, 0) is 0 Å². The molecule has 0 spiro atoms. The van der Waals surface area contributed by atoms with Gasteiger partial charge in [-0.1, -0.05) is 6.07 Å². The molecule has 1 aromatic carbocycles. The summed E-state index contributed by atoms with van der Waals surface area (Å²) in [5.74, 6) is -1.26. The monoisotopic (exact) mass is 250 g/mol. The lowest BCUT2D eigenvalue weighted by Gasteiger charge is -2.15. The maximum Gasteiger partial charge on any atom is 0.417 e. The molecule has 0 amide bonds. The molecular weight excluding hydrogens is 241 g/mol. The lowest BCUT2D eigenvalue weighted by Crippen LogP contribution is -2.34. The van der Waals surface area contributed by atoms with Crippen molar-refractivity contribution in [3.05, 3.63) is 29.8 Å². The highest BCUT2D eigenvalue weighted by Gasteiger charge is 2.38. The summed E-state index contributed by atoms with van der Waals surface area (Å²) in [6.45, 7) is -0.980. The smallest absolute Gasteiger partial charge is 0.417 e. The number of rotatable bonds is 4. The highest BCUT2D eigenvalue weighted by Crippen LogP contribution is 2.21. The SMILES string of the molecule is O=C(O)c1cccc(OCC(O)C(F)(F)F)c1. The zero-order valence-corrected chi connectivity index (χ0v) is 8.44. The Morgan fingerprint density at radius 1 is 1.41 bits per heavy atom. The average Bonchev–Trinajstić information content (AvgIpc) is 2.25. The van der Waals surface area contributed by atoms with Crippen LogP contribution >= 0.6 is 0 Å². The molecule has 2 N–H and O–H groups in total. The van der Waals surface area contributed by atoms with E-state index in [1.807, 2.05) is 0 Å². The molecular formula is C10H9F3O4. The molecule has 0 heterocycles. The van der Waals surface area contributed by atoms with Crippen molar-refractivity contribution in [2.45, 2.75) is 12.3 Å². The van der Waals surface area contributed by atoms with Gasteiger partial charge in [-0.05, 0) is 18.2 Å². The van der Waals surface area contributed by atoms with Crippen LogP contribution in [0.2, 0.25) is 0 Å². The Bertz CT molecular complexity index is 403. The van der Waals surface area contributed by atoms with Gasteiger partial charge in [-0.3, -0.25) is 0 Å². The van der Waals surface area contributed by atoms with Gasteiger partial charge >= 0.3 is 12.1 Å². The van der Waals surface area contributed by atoms with Crippen molar-refractivity contribution in [1.29, 1.82) is 0 Å². The summed E-state index contributed by atoms with van der Waals surface area (Å²) in [6, 6.07) is 4.98. The van der Waals surface area contributed by atoms with Crippen molar-refractivity contribution in [2.24, 2.45) is 0 Å². The first-order chi connectivity index (χ1) is 7.80. The first-order valence-electron chi connectivity index (χ1n) is 4.51. The Labute approximate surface area is 94.3 Å². The molecule has 0 aliphatic rings. The van der Waals surface area contributed by atoms with Gasteiger partial charge in [0.05, 0.1) is 5.56 Å². The van der Waals surface area contributed by atoms with Crippen LogP contribution in [0.3, 0.4) is 0 Å². The van der Waals surface area contributed by atoms with E-state index in [4.69, 9.17) is 10.2 Å². The number of hydrogen-bond donors (Lipinski definition) is 2. The fraction of sp³-hybridized carbons (Fsp3) is 0.300. The van der Waals surface area contributed by atoms with Crippen molar-refractivity contribution in [3.8, 4) is 5.75 Å². The summed E-state index contributed by atoms with van der Waals surface area (Å²) in [5, 5.41) is 17.3. The van der Waals surface area contributed by atoms with Gasteiger partial charge in [0.25, 0.3) is 0 Å². The second kappa shape index (κ2) is 5.05. The van der Waals surface area contributed by atoms with E-state index in [0.29, 0.717) is 0 Å². The van der Waals surface area contributed by atoms with E-state index in [1.54, 1.807) is 0 Å².